The van der Waals surface area contributed by atoms with E-state index in [1.54, 1.807) is 11.2 Å². The van der Waals surface area contributed by atoms with Crippen LogP contribution >= 0.6 is 11.8 Å². The summed E-state index contributed by atoms with van der Waals surface area (Å²) in [5, 5.41) is 9.10. The maximum atomic E-state index is 12.3. The number of hydrogen-bond acceptors (Lipinski definition) is 5. The lowest BCUT2D eigenvalue weighted by Crippen LogP contribution is -2.43. The molecule has 1 unspecified atom stereocenters. The van der Waals surface area contributed by atoms with Crippen molar-refractivity contribution in [2.24, 2.45) is 5.92 Å². The van der Waals surface area contributed by atoms with E-state index in [-0.39, 0.29) is 5.91 Å². The molecule has 0 spiro atoms. The number of likely N-dealkylation sites (tertiary alicyclic amines) is 1. The average Bonchev–Trinajstić information content (AvgIpc) is 3.11. The quantitative estimate of drug-likeness (QED) is 0.853. The largest absolute Gasteiger partial charge is 0.481 e. The van der Waals surface area contributed by atoms with Crippen LogP contribution in [0.15, 0.2) is 41.0 Å². The lowest BCUT2D eigenvalue weighted by Gasteiger charge is -2.30. The molecule has 1 amide bonds. The van der Waals surface area contributed by atoms with Gasteiger partial charge in [0.2, 0.25) is 11.8 Å². The molecule has 132 valence electrons. The van der Waals surface area contributed by atoms with Gasteiger partial charge in [-0.05, 0) is 25.0 Å². The van der Waals surface area contributed by atoms with Gasteiger partial charge < -0.3 is 14.4 Å². The van der Waals surface area contributed by atoms with Crippen molar-refractivity contribution in [3.63, 3.8) is 0 Å². The van der Waals surface area contributed by atoms with E-state index in [0.29, 0.717) is 36.9 Å². The zero-order valence-corrected chi connectivity index (χ0v) is 14.6. The number of carbonyl (C=O) groups excluding carboxylic acids is 1. The van der Waals surface area contributed by atoms with Crippen molar-refractivity contribution in [2.45, 2.75) is 18.6 Å². The van der Waals surface area contributed by atoms with Crippen molar-refractivity contribution in [3.8, 4) is 11.5 Å². The Labute approximate surface area is 150 Å². The molecule has 1 aromatic carbocycles. The molecule has 1 aliphatic rings. The molecule has 7 heteroatoms. The van der Waals surface area contributed by atoms with E-state index in [0.717, 1.165) is 17.7 Å². The molecule has 0 aliphatic carbocycles. The van der Waals surface area contributed by atoms with E-state index in [1.807, 2.05) is 30.3 Å². The SMILES string of the molecule is O=C(O)C1CCCN(C(=O)CSCc2coc(-c3ccccc3)n2)C1. The second-order valence-corrected chi connectivity index (χ2v) is 7.01. The third-order valence-electron chi connectivity index (χ3n) is 4.17. The highest BCUT2D eigenvalue weighted by Gasteiger charge is 2.27. The predicted octanol–water partition coefficient (Wildman–Crippen LogP) is 2.90. The molecule has 2 heterocycles. The number of amides is 1. The molecular formula is C18H20N2O4S. The zero-order chi connectivity index (χ0) is 17.6. The Kier molecular flexibility index (Phi) is 5.75. The maximum absolute atomic E-state index is 12.3. The van der Waals surface area contributed by atoms with Crippen molar-refractivity contribution >= 4 is 23.6 Å². The van der Waals surface area contributed by atoms with Crippen molar-refractivity contribution in [3.05, 3.63) is 42.3 Å². The van der Waals surface area contributed by atoms with Crippen LogP contribution in [0.25, 0.3) is 11.5 Å². The molecule has 1 aromatic heterocycles. The standard InChI is InChI=1S/C18H20N2O4S/c21-16(20-8-4-7-14(9-20)18(22)23)12-25-11-15-10-24-17(19-15)13-5-2-1-3-6-13/h1-3,5-6,10,14H,4,7-9,11-12H2,(H,22,23). The van der Waals surface area contributed by atoms with Crippen LogP contribution in [0.2, 0.25) is 0 Å². The van der Waals surface area contributed by atoms with Crippen LogP contribution < -0.4 is 0 Å². The second kappa shape index (κ2) is 8.20. The van der Waals surface area contributed by atoms with E-state index in [4.69, 9.17) is 9.52 Å². The maximum Gasteiger partial charge on any atom is 0.308 e. The topological polar surface area (TPSA) is 83.6 Å². The summed E-state index contributed by atoms with van der Waals surface area (Å²) in [7, 11) is 0. The Balaban J connectivity index is 1.47. The van der Waals surface area contributed by atoms with Gasteiger partial charge in [0.05, 0.1) is 17.4 Å². The van der Waals surface area contributed by atoms with Gasteiger partial charge in [0.15, 0.2) is 0 Å². The van der Waals surface area contributed by atoms with Gasteiger partial charge in [0.25, 0.3) is 0 Å². The third-order valence-corrected chi connectivity index (χ3v) is 5.12. The predicted molar refractivity (Wildman–Crippen MR) is 95.0 cm³/mol. The summed E-state index contributed by atoms with van der Waals surface area (Å²) in [6.45, 7) is 0.960. The van der Waals surface area contributed by atoms with Crippen molar-refractivity contribution in [1.29, 1.82) is 0 Å². The van der Waals surface area contributed by atoms with E-state index in [2.05, 4.69) is 4.98 Å². The van der Waals surface area contributed by atoms with Gasteiger partial charge >= 0.3 is 5.97 Å². The van der Waals surface area contributed by atoms with Gasteiger partial charge in [0, 0.05) is 24.4 Å². The Hall–Kier alpha value is -2.28. The van der Waals surface area contributed by atoms with Crippen LogP contribution in [0.4, 0.5) is 0 Å². The van der Waals surface area contributed by atoms with Gasteiger partial charge in [-0.25, -0.2) is 4.98 Å². The first-order chi connectivity index (χ1) is 12.1. The molecule has 1 N–H and O–H groups in total. The van der Waals surface area contributed by atoms with Crippen LogP contribution in [0, 0.1) is 5.92 Å². The van der Waals surface area contributed by atoms with Gasteiger partial charge in [0.1, 0.15) is 6.26 Å². The molecule has 1 fully saturated rings. The number of rotatable bonds is 6. The van der Waals surface area contributed by atoms with Crippen molar-refractivity contribution < 1.29 is 19.1 Å². The van der Waals surface area contributed by atoms with E-state index >= 15 is 0 Å². The molecule has 6 nitrogen and oxygen atoms in total. The van der Waals surface area contributed by atoms with E-state index in [1.165, 1.54) is 11.8 Å². The van der Waals surface area contributed by atoms with E-state index < -0.39 is 11.9 Å². The molecule has 1 atom stereocenters. The Morgan fingerprint density at radius 1 is 1.32 bits per heavy atom. The monoisotopic (exact) mass is 360 g/mol. The Morgan fingerprint density at radius 2 is 2.12 bits per heavy atom. The Bertz CT molecular complexity index is 732. The van der Waals surface area contributed by atoms with Crippen LogP contribution in [0.1, 0.15) is 18.5 Å². The molecule has 0 saturated carbocycles. The lowest BCUT2D eigenvalue weighted by atomic mass is 9.98. The number of carboxylic acids is 1. The van der Waals surface area contributed by atoms with Gasteiger partial charge in [-0.1, -0.05) is 18.2 Å². The molecule has 0 bridgehead atoms. The van der Waals surface area contributed by atoms with Crippen LogP contribution in [0.3, 0.4) is 0 Å². The number of nitrogens with zero attached hydrogens (tertiary/aromatic N) is 2. The summed E-state index contributed by atoms with van der Waals surface area (Å²) in [4.78, 5) is 29.4. The van der Waals surface area contributed by atoms with E-state index in [9.17, 15) is 9.59 Å². The normalized spacial score (nSPS) is 17.4. The summed E-state index contributed by atoms with van der Waals surface area (Å²) >= 11 is 1.47. The Morgan fingerprint density at radius 3 is 2.88 bits per heavy atom. The first-order valence-corrected chi connectivity index (χ1v) is 9.37. The average molecular weight is 360 g/mol. The fraction of sp³-hybridized carbons (Fsp3) is 0.389. The highest BCUT2D eigenvalue weighted by atomic mass is 32.2. The number of thioether (sulfide) groups is 1. The molecule has 25 heavy (non-hydrogen) atoms. The molecule has 0 radical (unpaired) electrons. The second-order valence-electron chi connectivity index (χ2n) is 6.02. The highest BCUT2D eigenvalue weighted by molar-refractivity contribution is 7.99. The number of carbonyl (C=O) groups is 2. The summed E-state index contributed by atoms with van der Waals surface area (Å²) in [5.41, 5.74) is 1.71. The molecule has 1 aliphatic heterocycles. The number of benzene rings is 1. The minimum absolute atomic E-state index is 0.0114. The zero-order valence-electron chi connectivity index (χ0n) is 13.8. The minimum Gasteiger partial charge on any atom is -0.481 e. The summed E-state index contributed by atoms with van der Waals surface area (Å²) < 4.78 is 5.48. The first-order valence-electron chi connectivity index (χ1n) is 8.21. The van der Waals surface area contributed by atoms with Gasteiger partial charge in [-0.15, -0.1) is 11.8 Å². The van der Waals surface area contributed by atoms with Gasteiger partial charge in [-0.3, -0.25) is 9.59 Å². The molecular weight excluding hydrogens is 340 g/mol. The first kappa shape index (κ1) is 17.5. The lowest BCUT2D eigenvalue weighted by molar-refractivity contribution is -0.145. The van der Waals surface area contributed by atoms with Crippen LogP contribution in [0.5, 0.6) is 0 Å². The number of piperidine rings is 1. The molecule has 1 saturated heterocycles. The van der Waals surface area contributed by atoms with Crippen molar-refractivity contribution in [1.82, 2.24) is 9.88 Å². The number of aromatic nitrogens is 1. The van der Waals surface area contributed by atoms with Crippen LogP contribution in [-0.4, -0.2) is 45.7 Å². The molecule has 2 aromatic rings. The highest BCUT2D eigenvalue weighted by Crippen LogP contribution is 2.21. The van der Waals surface area contributed by atoms with Gasteiger partial charge in [-0.2, -0.15) is 0 Å². The van der Waals surface area contributed by atoms with Crippen LogP contribution in [-0.2, 0) is 15.3 Å². The number of oxazole rings is 1. The summed E-state index contributed by atoms with van der Waals surface area (Å²) in [6.07, 6.45) is 3.01. The van der Waals surface area contributed by atoms with Crippen molar-refractivity contribution in [2.75, 3.05) is 18.8 Å². The number of carboxylic acid groups (broad SMARTS) is 1. The molecule has 3 rings (SSSR count). The number of aliphatic carboxylic acids is 1. The fourth-order valence-corrected chi connectivity index (χ4v) is 3.63. The smallest absolute Gasteiger partial charge is 0.308 e. The summed E-state index contributed by atoms with van der Waals surface area (Å²) in [6, 6.07) is 9.65. The number of hydrogen-bond donors (Lipinski definition) is 1. The third kappa shape index (κ3) is 4.63. The minimum atomic E-state index is -0.818. The fourth-order valence-electron chi connectivity index (χ4n) is 2.83. The summed E-state index contributed by atoms with van der Waals surface area (Å²) in [5.74, 6) is 0.205.